The van der Waals surface area contributed by atoms with Crippen LogP contribution in [0.5, 0.6) is 0 Å². The number of nitrogens with zero attached hydrogens (tertiary/aromatic N) is 2. The first-order chi connectivity index (χ1) is 10.6. The molecular weight excluding hydrogens is 286 g/mol. The molecule has 1 atom stereocenters. The minimum absolute atomic E-state index is 0.0637. The van der Waals surface area contributed by atoms with Crippen LogP contribution in [0, 0.1) is 18.3 Å². The van der Waals surface area contributed by atoms with E-state index in [1.54, 1.807) is 25.0 Å². The smallest absolute Gasteiger partial charge is 0.276 e. The molecule has 7 heteroatoms. The lowest BCUT2D eigenvalue weighted by molar-refractivity contribution is -0.126. The first-order valence-corrected chi connectivity index (χ1v) is 7.55. The second-order valence-electron chi connectivity index (χ2n) is 6.20. The Balaban J connectivity index is 1.67. The topological polar surface area (TPSA) is 84.7 Å². The van der Waals surface area contributed by atoms with Crippen molar-refractivity contribution in [1.29, 1.82) is 0 Å². The minimum atomic E-state index is -0.121. The second-order valence-corrected chi connectivity index (χ2v) is 6.20. The van der Waals surface area contributed by atoms with Gasteiger partial charge in [0, 0.05) is 38.2 Å². The molecule has 3 heterocycles. The highest BCUT2D eigenvalue weighted by atomic mass is 16.5. The molecule has 1 spiro atoms. The number of hydrogen-bond donors (Lipinski definition) is 1. The molecule has 3 rings (SSSR count). The van der Waals surface area contributed by atoms with Gasteiger partial charge in [0.1, 0.15) is 5.76 Å². The lowest BCUT2D eigenvalue weighted by Crippen LogP contribution is -2.47. The molecule has 1 N–H and O–H groups in total. The zero-order valence-corrected chi connectivity index (χ0v) is 12.9. The van der Waals surface area contributed by atoms with E-state index in [0.29, 0.717) is 37.7 Å². The van der Waals surface area contributed by atoms with E-state index < -0.39 is 0 Å². The van der Waals surface area contributed by atoms with Gasteiger partial charge in [0.2, 0.25) is 5.91 Å². The predicted molar refractivity (Wildman–Crippen MR) is 77.2 cm³/mol. The van der Waals surface area contributed by atoms with Crippen LogP contribution in [-0.2, 0) is 9.53 Å². The number of piperidine rings is 1. The van der Waals surface area contributed by atoms with Gasteiger partial charge in [-0.15, -0.1) is 0 Å². The van der Waals surface area contributed by atoms with E-state index in [2.05, 4.69) is 10.5 Å². The number of ether oxygens (including phenoxy) is 1. The zero-order valence-electron chi connectivity index (χ0n) is 12.9. The lowest BCUT2D eigenvalue weighted by Gasteiger charge is -2.41. The zero-order chi connectivity index (χ0) is 15.7. The maximum absolute atomic E-state index is 12.4. The van der Waals surface area contributed by atoms with E-state index in [-0.39, 0.29) is 23.1 Å². The van der Waals surface area contributed by atoms with E-state index in [9.17, 15) is 9.59 Å². The van der Waals surface area contributed by atoms with E-state index in [1.807, 2.05) is 0 Å². The van der Waals surface area contributed by atoms with Crippen LogP contribution in [0.25, 0.3) is 0 Å². The lowest BCUT2D eigenvalue weighted by atomic mass is 9.71. The fourth-order valence-electron chi connectivity index (χ4n) is 3.52. The van der Waals surface area contributed by atoms with Gasteiger partial charge in [-0.1, -0.05) is 5.16 Å². The number of nitrogens with one attached hydrogen (secondary N) is 1. The number of carbonyl (C=O) groups excluding carboxylic acids is 2. The number of methoxy groups -OCH3 is 1. The highest BCUT2D eigenvalue weighted by Crippen LogP contribution is 2.42. The number of carbonyl (C=O) groups is 2. The van der Waals surface area contributed by atoms with Gasteiger partial charge in [-0.3, -0.25) is 9.59 Å². The van der Waals surface area contributed by atoms with Gasteiger partial charge in [0.25, 0.3) is 5.91 Å². The third-order valence-corrected chi connectivity index (χ3v) is 4.90. The first kappa shape index (κ1) is 15.0. The Morgan fingerprint density at radius 2 is 2.27 bits per heavy atom. The number of aryl methyl sites for hydroxylation is 1. The fourth-order valence-corrected chi connectivity index (χ4v) is 3.52. The fraction of sp³-hybridized carbons (Fsp3) is 0.667. The summed E-state index contributed by atoms with van der Waals surface area (Å²) in [7, 11) is 1.62. The summed E-state index contributed by atoms with van der Waals surface area (Å²) in [4.78, 5) is 26.2. The van der Waals surface area contributed by atoms with Gasteiger partial charge in [-0.05, 0) is 19.8 Å². The summed E-state index contributed by atoms with van der Waals surface area (Å²) in [5, 5.41) is 6.73. The highest BCUT2D eigenvalue weighted by Gasteiger charge is 2.50. The van der Waals surface area contributed by atoms with Gasteiger partial charge < -0.3 is 19.5 Å². The molecule has 7 nitrogen and oxygen atoms in total. The van der Waals surface area contributed by atoms with Crippen LogP contribution in [-0.4, -0.2) is 55.2 Å². The van der Waals surface area contributed by atoms with Crippen molar-refractivity contribution >= 4 is 11.8 Å². The molecule has 0 aromatic carbocycles. The molecular formula is C15H21N3O4. The number of rotatable bonds is 3. The van der Waals surface area contributed by atoms with E-state index in [4.69, 9.17) is 9.26 Å². The Morgan fingerprint density at radius 1 is 1.55 bits per heavy atom. The van der Waals surface area contributed by atoms with Gasteiger partial charge in [0.05, 0.1) is 12.5 Å². The molecule has 2 amide bonds. The number of hydrogen-bond acceptors (Lipinski definition) is 5. The molecule has 0 radical (unpaired) electrons. The van der Waals surface area contributed by atoms with Crippen molar-refractivity contribution in [2.45, 2.75) is 19.8 Å². The van der Waals surface area contributed by atoms with Crippen LogP contribution >= 0.6 is 0 Å². The summed E-state index contributed by atoms with van der Waals surface area (Å²) in [5.74, 6) is 0.465. The Bertz CT molecular complexity index is 575. The molecule has 2 saturated heterocycles. The van der Waals surface area contributed by atoms with E-state index >= 15 is 0 Å². The third kappa shape index (κ3) is 2.49. The first-order valence-electron chi connectivity index (χ1n) is 7.55. The third-order valence-electron chi connectivity index (χ3n) is 4.90. The molecule has 2 aliphatic rings. The standard InChI is InChI=1S/C15H21N3O4/c1-10-7-12(17-22-10)14(20)18-5-3-15(4-6-18)9-16-13(19)11(15)8-21-2/h7,11H,3-6,8-9H2,1-2H3,(H,16,19)/t11-/m0/s1. The van der Waals surface area contributed by atoms with Crippen molar-refractivity contribution in [3.63, 3.8) is 0 Å². The quantitative estimate of drug-likeness (QED) is 0.884. The predicted octanol–water partition coefficient (Wildman–Crippen LogP) is 0.598. The van der Waals surface area contributed by atoms with Crippen molar-refractivity contribution in [3.05, 3.63) is 17.5 Å². The number of likely N-dealkylation sites (tertiary alicyclic amines) is 1. The maximum atomic E-state index is 12.4. The molecule has 2 aliphatic heterocycles. The molecule has 0 aliphatic carbocycles. The molecule has 120 valence electrons. The summed E-state index contributed by atoms with van der Waals surface area (Å²) in [6.07, 6.45) is 1.59. The summed E-state index contributed by atoms with van der Waals surface area (Å²) < 4.78 is 10.2. The monoisotopic (exact) mass is 307 g/mol. The largest absolute Gasteiger partial charge is 0.384 e. The van der Waals surface area contributed by atoms with Gasteiger partial charge in [-0.25, -0.2) is 0 Å². The van der Waals surface area contributed by atoms with Crippen molar-refractivity contribution in [2.75, 3.05) is 33.4 Å². The highest BCUT2D eigenvalue weighted by molar-refractivity contribution is 5.92. The Labute approximate surface area is 129 Å². The van der Waals surface area contributed by atoms with Crippen LogP contribution in [0.1, 0.15) is 29.1 Å². The average Bonchev–Trinajstić information content (AvgIpc) is 3.07. The summed E-state index contributed by atoms with van der Waals surface area (Å²) in [5.41, 5.74) is 0.256. The number of amides is 2. The number of aromatic nitrogens is 1. The minimum Gasteiger partial charge on any atom is -0.384 e. The SMILES string of the molecule is COC[C@H]1C(=O)NCC12CCN(C(=O)c1cc(C)on1)CC2. The van der Waals surface area contributed by atoms with Crippen molar-refractivity contribution in [3.8, 4) is 0 Å². The van der Waals surface area contributed by atoms with Crippen molar-refractivity contribution < 1.29 is 18.8 Å². The summed E-state index contributed by atoms with van der Waals surface area (Å²) in [6, 6.07) is 1.65. The van der Waals surface area contributed by atoms with Gasteiger partial charge in [0.15, 0.2) is 5.69 Å². The van der Waals surface area contributed by atoms with Crippen molar-refractivity contribution in [2.24, 2.45) is 11.3 Å². The Kier molecular flexibility index (Phi) is 3.90. The van der Waals surface area contributed by atoms with Gasteiger partial charge >= 0.3 is 0 Å². The molecule has 0 saturated carbocycles. The van der Waals surface area contributed by atoms with Crippen LogP contribution in [0.2, 0.25) is 0 Å². The van der Waals surface area contributed by atoms with Crippen LogP contribution in [0.3, 0.4) is 0 Å². The molecule has 1 aromatic heterocycles. The van der Waals surface area contributed by atoms with E-state index in [1.165, 1.54) is 0 Å². The molecule has 1 aromatic rings. The maximum Gasteiger partial charge on any atom is 0.276 e. The molecule has 0 unspecified atom stereocenters. The second kappa shape index (κ2) is 5.72. The average molecular weight is 307 g/mol. The Morgan fingerprint density at radius 3 is 2.86 bits per heavy atom. The van der Waals surface area contributed by atoms with Crippen LogP contribution < -0.4 is 5.32 Å². The van der Waals surface area contributed by atoms with Gasteiger partial charge in [-0.2, -0.15) is 0 Å². The molecule has 2 fully saturated rings. The normalized spacial score (nSPS) is 23.8. The van der Waals surface area contributed by atoms with E-state index in [0.717, 1.165) is 12.8 Å². The summed E-state index contributed by atoms with van der Waals surface area (Å²) in [6.45, 7) is 4.12. The molecule has 22 heavy (non-hydrogen) atoms. The van der Waals surface area contributed by atoms with Crippen LogP contribution in [0.4, 0.5) is 0 Å². The van der Waals surface area contributed by atoms with Crippen molar-refractivity contribution in [1.82, 2.24) is 15.4 Å². The Hall–Kier alpha value is -1.89. The molecule has 0 bridgehead atoms. The summed E-state index contributed by atoms with van der Waals surface area (Å²) >= 11 is 0. The van der Waals surface area contributed by atoms with Crippen LogP contribution in [0.15, 0.2) is 10.6 Å².